The highest BCUT2D eigenvalue weighted by molar-refractivity contribution is 5.99. The topological polar surface area (TPSA) is 46.1 Å². The molecule has 4 nitrogen and oxygen atoms in total. The molecule has 3 heterocycles. The zero-order valence-corrected chi connectivity index (χ0v) is 13.3. The van der Waals surface area contributed by atoms with Gasteiger partial charge in [-0.05, 0) is 38.0 Å². The molecule has 4 rings (SSSR count). The fraction of sp³-hybridized carbons (Fsp3) is 0.316. The Hall–Kier alpha value is -2.49. The van der Waals surface area contributed by atoms with Crippen LogP contribution >= 0.6 is 0 Å². The predicted octanol–water partition coefficient (Wildman–Crippen LogP) is 2.96. The molecule has 2 aliphatic rings. The summed E-state index contributed by atoms with van der Waals surface area (Å²) in [7, 11) is 0. The predicted molar refractivity (Wildman–Crippen MR) is 89.5 cm³/mol. The second kappa shape index (κ2) is 5.30. The molecular formula is C19H19N3O. The molecule has 2 bridgehead atoms. The Morgan fingerprint density at radius 1 is 1.09 bits per heavy atom. The summed E-state index contributed by atoms with van der Waals surface area (Å²) in [4.78, 5) is 23.7. The van der Waals surface area contributed by atoms with Crippen molar-refractivity contribution in [2.24, 2.45) is 0 Å². The summed E-state index contributed by atoms with van der Waals surface area (Å²) in [5.74, 6) is 1.13. The number of carbonyl (C=O) groups excluding carboxylic acids is 1. The van der Waals surface area contributed by atoms with Crippen molar-refractivity contribution in [3.63, 3.8) is 0 Å². The third-order valence-corrected chi connectivity index (χ3v) is 4.76. The average Bonchev–Trinajstić information content (AvgIpc) is 2.84. The summed E-state index contributed by atoms with van der Waals surface area (Å²) >= 11 is 0. The van der Waals surface area contributed by atoms with E-state index in [1.807, 2.05) is 32.1 Å². The van der Waals surface area contributed by atoms with Gasteiger partial charge in [0.15, 0.2) is 5.78 Å². The Bertz CT molecular complexity index is 764. The number of rotatable bonds is 2. The number of nitrogens with zero attached hydrogens (tertiary/aromatic N) is 3. The average molecular weight is 305 g/mol. The van der Waals surface area contributed by atoms with E-state index in [-0.39, 0.29) is 17.9 Å². The number of fused-ring (bicyclic) bond motifs is 2. The third kappa shape index (κ3) is 2.34. The molecule has 1 aromatic carbocycles. The van der Waals surface area contributed by atoms with Crippen LogP contribution in [0, 0.1) is 13.8 Å². The van der Waals surface area contributed by atoms with Crippen molar-refractivity contribution in [1.82, 2.24) is 9.97 Å². The van der Waals surface area contributed by atoms with Gasteiger partial charge in [0.25, 0.3) is 0 Å². The minimum Gasteiger partial charge on any atom is -0.323 e. The molecule has 0 saturated carbocycles. The molecule has 4 heteroatoms. The van der Waals surface area contributed by atoms with Crippen molar-refractivity contribution >= 4 is 11.7 Å². The Balaban J connectivity index is 1.78. The molecule has 23 heavy (non-hydrogen) atoms. The van der Waals surface area contributed by atoms with Crippen LogP contribution in [0.2, 0.25) is 0 Å². The van der Waals surface area contributed by atoms with Gasteiger partial charge in [0.1, 0.15) is 0 Å². The molecule has 116 valence electrons. The first-order valence-electron chi connectivity index (χ1n) is 8.01. The molecule has 1 fully saturated rings. The molecule has 0 amide bonds. The zero-order valence-electron chi connectivity index (χ0n) is 13.3. The Kier molecular flexibility index (Phi) is 3.26. The van der Waals surface area contributed by atoms with E-state index in [0.717, 1.165) is 17.8 Å². The van der Waals surface area contributed by atoms with E-state index in [1.165, 1.54) is 5.56 Å². The van der Waals surface area contributed by atoms with Crippen LogP contribution in [0.1, 0.15) is 29.3 Å². The first-order valence-corrected chi connectivity index (χ1v) is 8.01. The van der Waals surface area contributed by atoms with Gasteiger partial charge in [-0.1, -0.05) is 36.4 Å². The van der Waals surface area contributed by atoms with Gasteiger partial charge in [-0.2, -0.15) is 0 Å². The SMILES string of the molecule is Cc1cc(C)nc(N2C3CC(c4ccccc4)C2C=CC3=O)n1. The van der Waals surface area contributed by atoms with Crippen LogP contribution in [-0.4, -0.2) is 27.8 Å². The fourth-order valence-corrected chi connectivity index (χ4v) is 3.81. The fourth-order valence-electron chi connectivity index (χ4n) is 3.81. The van der Waals surface area contributed by atoms with Crippen molar-refractivity contribution in [1.29, 1.82) is 0 Å². The highest BCUT2D eigenvalue weighted by Crippen LogP contribution is 2.42. The highest BCUT2D eigenvalue weighted by Gasteiger charge is 2.46. The number of hydrogen-bond donors (Lipinski definition) is 0. The van der Waals surface area contributed by atoms with Gasteiger partial charge in [0.2, 0.25) is 5.95 Å². The van der Waals surface area contributed by atoms with Crippen LogP contribution in [0.25, 0.3) is 0 Å². The molecule has 1 aromatic heterocycles. The van der Waals surface area contributed by atoms with E-state index in [9.17, 15) is 4.79 Å². The lowest BCUT2D eigenvalue weighted by Crippen LogP contribution is -2.44. The van der Waals surface area contributed by atoms with Gasteiger partial charge >= 0.3 is 0 Å². The smallest absolute Gasteiger partial charge is 0.226 e. The summed E-state index contributed by atoms with van der Waals surface area (Å²) in [5, 5.41) is 0. The van der Waals surface area contributed by atoms with Crippen LogP contribution in [-0.2, 0) is 4.79 Å². The summed E-state index contributed by atoms with van der Waals surface area (Å²) in [5.41, 5.74) is 3.14. The van der Waals surface area contributed by atoms with Crippen molar-refractivity contribution in [3.05, 3.63) is 65.5 Å². The maximum atomic E-state index is 12.4. The monoisotopic (exact) mass is 305 g/mol. The molecule has 0 radical (unpaired) electrons. The van der Waals surface area contributed by atoms with Crippen LogP contribution in [0.3, 0.4) is 0 Å². The Morgan fingerprint density at radius 2 is 1.78 bits per heavy atom. The molecule has 3 unspecified atom stereocenters. The van der Waals surface area contributed by atoms with Crippen molar-refractivity contribution in [2.45, 2.75) is 38.3 Å². The van der Waals surface area contributed by atoms with Gasteiger partial charge in [-0.25, -0.2) is 9.97 Å². The number of aromatic nitrogens is 2. The maximum absolute atomic E-state index is 12.4. The maximum Gasteiger partial charge on any atom is 0.226 e. The van der Waals surface area contributed by atoms with Gasteiger partial charge in [-0.15, -0.1) is 0 Å². The molecule has 1 saturated heterocycles. The van der Waals surface area contributed by atoms with Crippen molar-refractivity contribution in [2.75, 3.05) is 4.90 Å². The number of hydrogen-bond acceptors (Lipinski definition) is 4. The van der Waals surface area contributed by atoms with Gasteiger partial charge in [0, 0.05) is 17.3 Å². The lowest BCUT2D eigenvalue weighted by Gasteiger charge is -2.32. The molecular weight excluding hydrogens is 286 g/mol. The van der Waals surface area contributed by atoms with Crippen LogP contribution in [0.5, 0.6) is 0 Å². The Morgan fingerprint density at radius 3 is 2.48 bits per heavy atom. The molecule has 0 spiro atoms. The highest BCUT2D eigenvalue weighted by atomic mass is 16.1. The second-order valence-corrected chi connectivity index (χ2v) is 6.38. The first-order chi connectivity index (χ1) is 11.1. The summed E-state index contributed by atoms with van der Waals surface area (Å²) in [6.07, 6.45) is 4.57. The normalized spacial score (nSPS) is 25.9. The van der Waals surface area contributed by atoms with E-state index in [1.54, 1.807) is 6.08 Å². The summed E-state index contributed by atoms with van der Waals surface area (Å²) in [6.45, 7) is 3.94. The molecule has 2 aromatic rings. The van der Waals surface area contributed by atoms with Crippen molar-refractivity contribution in [3.8, 4) is 0 Å². The van der Waals surface area contributed by atoms with E-state index < -0.39 is 0 Å². The van der Waals surface area contributed by atoms with E-state index in [4.69, 9.17) is 0 Å². The molecule has 0 N–H and O–H groups in total. The lowest BCUT2D eigenvalue weighted by atomic mass is 9.91. The van der Waals surface area contributed by atoms with Crippen LogP contribution in [0.4, 0.5) is 5.95 Å². The van der Waals surface area contributed by atoms with E-state index >= 15 is 0 Å². The minimum absolute atomic E-state index is 0.140. The standard InChI is InChI=1S/C19H19N3O/c1-12-10-13(2)21-19(20-12)22-16-8-9-18(23)17(22)11-15(16)14-6-4-3-5-7-14/h3-10,15-17H,11H2,1-2H3. The molecule has 2 aliphatic heterocycles. The van der Waals surface area contributed by atoms with E-state index in [2.05, 4.69) is 39.1 Å². The van der Waals surface area contributed by atoms with Gasteiger partial charge in [-0.3, -0.25) is 4.79 Å². The molecule has 0 aliphatic carbocycles. The second-order valence-electron chi connectivity index (χ2n) is 6.38. The van der Waals surface area contributed by atoms with Crippen LogP contribution in [0.15, 0.2) is 48.6 Å². The zero-order chi connectivity index (χ0) is 16.0. The summed E-state index contributed by atoms with van der Waals surface area (Å²) < 4.78 is 0. The van der Waals surface area contributed by atoms with E-state index in [0.29, 0.717) is 11.9 Å². The van der Waals surface area contributed by atoms with Crippen molar-refractivity contribution < 1.29 is 4.79 Å². The lowest BCUT2D eigenvalue weighted by molar-refractivity contribution is -0.115. The Labute approximate surface area is 135 Å². The van der Waals surface area contributed by atoms with Gasteiger partial charge in [0.05, 0.1) is 12.1 Å². The first kappa shape index (κ1) is 14.1. The molecule has 3 atom stereocenters. The minimum atomic E-state index is -0.156. The largest absolute Gasteiger partial charge is 0.323 e. The number of carbonyl (C=O) groups is 1. The number of ketones is 1. The number of anilines is 1. The van der Waals surface area contributed by atoms with Crippen LogP contribution < -0.4 is 4.90 Å². The van der Waals surface area contributed by atoms with Gasteiger partial charge < -0.3 is 4.90 Å². The number of aryl methyl sites for hydroxylation is 2. The third-order valence-electron chi connectivity index (χ3n) is 4.76. The quantitative estimate of drug-likeness (QED) is 0.856. The number of benzene rings is 1. The summed E-state index contributed by atoms with van der Waals surface area (Å²) in [6, 6.07) is 12.4.